The number of thiazole rings is 1. The molecular formula is C13H14BrClN2S. The highest BCUT2D eigenvalue weighted by Crippen LogP contribution is 2.26. The predicted octanol–water partition coefficient (Wildman–Crippen LogP) is 4.37. The number of hydrogen-bond donors (Lipinski definition) is 1. The summed E-state index contributed by atoms with van der Waals surface area (Å²) < 4.78 is 1.00. The summed E-state index contributed by atoms with van der Waals surface area (Å²) in [5, 5.41) is 7.28. The van der Waals surface area contributed by atoms with Gasteiger partial charge in [0, 0.05) is 33.0 Å². The Balaban J connectivity index is 2.22. The van der Waals surface area contributed by atoms with Crippen LogP contribution >= 0.6 is 38.9 Å². The van der Waals surface area contributed by atoms with Gasteiger partial charge in [0.2, 0.25) is 0 Å². The Morgan fingerprint density at radius 1 is 1.44 bits per heavy atom. The SMILES string of the molecule is CNC(Cc1nc(C)cs1)c1cc(Cl)cc(Br)c1. The van der Waals surface area contributed by atoms with Crippen LogP contribution < -0.4 is 5.32 Å². The van der Waals surface area contributed by atoms with Gasteiger partial charge in [-0.05, 0) is 37.7 Å². The van der Waals surface area contributed by atoms with E-state index in [2.05, 4.69) is 37.7 Å². The maximum atomic E-state index is 6.09. The van der Waals surface area contributed by atoms with Gasteiger partial charge in [-0.1, -0.05) is 27.5 Å². The molecule has 2 aromatic rings. The molecule has 18 heavy (non-hydrogen) atoms. The van der Waals surface area contributed by atoms with Crippen molar-refractivity contribution in [3.05, 3.63) is 49.3 Å². The van der Waals surface area contributed by atoms with Gasteiger partial charge in [-0.3, -0.25) is 0 Å². The topological polar surface area (TPSA) is 24.9 Å². The first-order chi connectivity index (χ1) is 8.58. The lowest BCUT2D eigenvalue weighted by molar-refractivity contribution is 0.589. The molecule has 0 bridgehead atoms. The van der Waals surface area contributed by atoms with Crippen molar-refractivity contribution in [2.24, 2.45) is 0 Å². The van der Waals surface area contributed by atoms with Gasteiger partial charge in [0.05, 0.1) is 5.01 Å². The van der Waals surface area contributed by atoms with E-state index in [0.29, 0.717) is 0 Å². The van der Waals surface area contributed by atoms with Crippen molar-refractivity contribution in [3.63, 3.8) is 0 Å². The number of aromatic nitrogens is 1. The summed E-state index contributed by atoms with van der Waals surface area (Å²) in [6.45, 7) is 2.02. The molecule has 1 atom stereocenters. The van der Waals surface area contributed by atoms with Crippen LogP contribution in [0.4, 0.5) is 0 Å². The summed E-state index contributed by atoms with van der Waals surface area (Å²) in [4.78, 5) is 4.50. The quantitative estimate of drug-likeness (QED) is 0.890. The standard InChI is InChI=1S/C13H14BrClN2S/c1-8-7-18-13(17-8)6-12(16-2)9-3-10(14)5-11(15)4-9/h3-5,7,12,16H,6H2,1-2H3. The van der Waals surface area contributed by atoms with Crippen molar-refractivity contribution in [2.45, 2.75) is 19.4 Å². The van der Waals surface area contributed by atoms with E-state index in [0.717, 1.165) is 26.6 Å². The summed E-state index contributed by atoms with van der Waals surface area (Å²) in [6, 6.07) is 6.21. The Labute approximate surface area is 125 Å². The molecule has 2 rings (SSSR count). The molecule has 2 nitrogen and oxygen atoms in total. The monoisotopic (exact) mass is 344 g/mol. The zero-order chi connectivity index (χ0) is 13.1. The highest BCUT2D eigenvalue weighted by molar-refractivity contribution is 9.10. The van der Waals surface area contributed by atoms with E-state index in [1.165, 1.54) is 5.56 Å². The number of halogens is 2. The number of nitrogens with zero attached hydrogens (tertiary/aromatic N) is 1. The molecule has 1 heterocycles. The van der Waals surface area contributed by atoms with Crippen LogP contribution in [0.25, 0.3) is 0 Å². The first-order valence-electron chi connectivity index (χ1n) is 5.62. The average molecular weight is 346 g/mol. The van der Waals surface area contributed by atoms with E-state index in [4.69, 9.17) is 11.6 Å². The van der Waals surface area contributed by atoms with Crippen molar-refractivity contribution in [1.82, 2.24) is 10.3 Å². The fourth-order valence-electron chi connectivity index (χ4n) is 1.83. The number of rotatable bonds is 4. The third-order valence-electron chi connectivity index (χ3n) is 2.68. The van der Waals surface area contributed by atoms with Crippen molar-refractivity contribution < 1.29 is 0 Å². The Morgan fingerprint density at radius 2 is 2.22 bits per heavy atom. The summed E-state index contributed by atoms with van der Waals surface area (Å²) in [7, 11) is 1.96. The van der Waals surface area contributed by atoms with Crippen molar-refractivity contribution >= 4 is 38.9 Å². The fourth-order valence-corrected chi connectivity index (χ4v) is 3.54. The molecule has 0 aliphatic carbocycles. The summed E-state index contributed by atoms with van der Waals surface area (Å²) >= 11 is 11.3. The molecule has 0 fully saturated rings. The smallest absolute Gasteiger partial charge is 0.0947 e. The number of likely N-dealkylation sites (N-methyl/N-ethyl adjacent to an activating group) is 1. The molecule has 1 unspecified atom stereocenters. The zero-order valence-corrected chi connectivity index (χ0v) is 13.4. The number of hydrogen-bond acceptors (Lipinski definition) is 3. The van der Waals surface area contributed by atoms with Gasteiger partial charge in [0.1, 0.15) is 0 Å². The number of nitrogens with one attached hydrogen (secondary N) is 1. The van der Waals surface area contributed by atoms with Gasteiger partial charge in [-0.25, -0.2) is 4.98 Å². The zero-order valence-electron chi connectivity index (χ0n) is 10.2. The highest BCUT2D eigenvalue weighted by Gasteiger charge is 2.13. The van der Waals surface area contributed by atoms with E-state index in [1.54, 1.807) is 11.3 Å². The molecule has 0 saturated heterocycles. The fraction of sp³-hybridized carbons (Fsp3) is 0.308. The van der Waals surface area contributed by atoms with E-state index in [1.807, 2.05) is 26.1 Å². The summed E-state index contributed by atoms with van der Waals surface area (Å²) in [6.07, 6.45) is 0.877. The van der Waals surface area contributed by atoms with Crippen molar-refractivity contribution in [1.29, 1.82) is 0 Å². The third kappa shape index (κ3) is 3.54. The van der Waals surface area contributed by atoms with Crippen LogP contribution in [-0.4, -0.2) is 12.0 Å². The minimum atomic E-state index is 0.227. The maximum Gasteiger partial charge on any atom is 0.0947 e. The minimum Gasteiger partial charge on any atom is -0.313 e. The molecule has 5 heteroatoms. The van der Waals surface area contributed by atoms with Gasteiger partial charge in [0.25, 0.3) is 0 Å². The van der Waals surface area contributed by atoms with E-state index in [-0.39, 0.29) is 6.04 Å². The minimum absolute atomic E-state index is 0.227. The Hall–Kier alpha value is -0.420. The van der Waals surface area contributed by atoms with Crippen LogP contribution in [0, 0.1) is 6.92 Å². The van der Waals surface area contributed by atoms with E-state index >= 15 is 0 Å². The first kappa shape index (κ1) is 14.0. The molecule has 0 amide bonds. The lowest BCUT2D eigenvalue weighted by Crippen LogP contribution is -2.18. The van der Waals surface area contributed by atoms with Gasteiger partial charge >= 0.3 is 0 Å². The van der Waals surface area contributed by atoms with Crippen LogP contribution in [0.3, 0.4) is 0 Å². The Bertz CT molecular complexity index is 521. The van der Waals surface area contributed by atoms with Gasteiger partial charge in [-0.15, -0.1) is 11.3 Å². The van der Waals surface area contributed by atoms with Crippen LogP contribution in [0.5, 0.6) is 0 Å². The molecular weight excluding hydrogens is 332 g/mol. The molecule has 1 aromatic carbocycles. The van der Waals surface area contributed by atoms with Gasteiger partial charge in [0.15, 0.2) is 0 Å². The molecule has 1 N–H and O–H groups in total. The number of aryl methyl sites for hydroxylation is 1. The first-order valence-corrected chi connectivity index (χ1v) is 7.68. The summed E-state index contributed by atoms with van der Waals surface area (Å²) in [5.74, 6) is 0. The van der Waals surface area contributed by atoms with Crippen LogP contribution in [0.1, 0.15) is 22.3 Å². The molecule has 0 aliphatic rings. The second kappa shape index (κ2) is 6.15. The van der Waals surface area contributed by atoms with E-state index in [9.17, 15) is 0 Å². The molecule has 96 valence electrons. The third-order valence-corrected chi connectivity index (χ3v) is 4.35. The number of benzene rings is 1. The molecule has 0 aliphatic heterocycles. The van der Waals surface area contributed by atoms with Gasteiger partial charge < -0.3 is 5.32 Å². The summed E-state index contributed by atoms with van der Waals surface area (Å²) in [5.41, 5.74) is 2.25. The Kier molecular flexibility index (Phi) is 4.78. The van der Waals surface area contributed by atoms with Crippen LogP contribution in [-0.2, 0) is 6.42 Å². The second-order valence-corrected chi connectivity index (χ2v) is 6.43. The molecule has 1 aromatic heterocycles. The van der Waals surface area contributed by atoms with Crippen molar-refractivity contribution in [3.8, 4) is 0 Å². The molecule has 0 spiro atoms. The highest BCUT2D eigenvalue weighted by atomic mass is 79.9. The average Bonchev–Trinajstić information content (AvgIpc) is 2.70. The molecule has 0 radical (unpaired) electrons. The van der Waals surface area contributed by atoms with Crippen LogP contribution in [0.15, 0.2) is 28.1 Å². The van der Waals surface area contributed by atoms with Crippen LogP contribution in [0.2, 0.25) is 5.02 Å². The lowest BCUT2D eigenvalue weighted by Gasteiger charge is -2.16. The molecule has 0 saturated carbocycles. The van der Waals surface area contributed by atoms with Crippen molar-refractivity contribution in [2.75, 3.05) is 7.05 Å². The lowest BCUT2D eigenvalue weighted by atomic mass is 10.0. The largest absolute Gasteiger partial charge is 0.313 e. The normalized spacial score (nSPS) is 12.7. The van der Waals surface area contributed by atoms with Gasteiger partial charge in [-0.2, -0.15) is 0 Å². The predicted molar refractivity (Wildman–Crippen MR) is 81.5 cm³/mol. The second-order valence-electron chi connectivity index (χ2n) is 4.13. The Morgan fingerprint density at radius 3 is 2.78 bits per heavy atom. The maximum absolute atomic E-state index is 6.09. The van der Waals surface area contributed by atoms with E-state index < -0.39 is 0 Å².